The lowest BCUT2D eigenvalue weighted by Crippen LogP contribution is -2.27. The lowest BCUT2D eigenvalue weighted by atomic mass is 10.1. The van der Waals surface area contributed by atoms with E-state index in [9.17, 15) is 9.59 Å². The third kappa shape index (κ3) is 3.60. The molecule has 0 bridgehead atoms. The van der Waals surface area contributed by atoms with Crippen LogP contribution in [0.4, 0.5) is 5.69 Å². The van der Waals surface area contributed by atoms with E-state index < -0.39 is 11.9 Å². The second-order valence-corrected chi connectivity index (χ2v) is 4.55. The van der Waals surface area contributed by atoms with Gasteiger partial charge in [0, 0.05) is 18.3 Å². The van der Waals surface area contributed by atoms with Gasteiger partial charge in [0.1, 0.15) is 6.04 Å². The number of primary amides is 1. The Morgan fingerprint density at radius 3 is 2.38 bits per heavy atom. The molecule has 4 N–H and O–H groups in total. The largest absolute Gasteiger partial charge is 0.370 e. The molecule has 2 aromatic rings. The van der Waals surface area contributed by atoms with E-state index in [1.54, 1.807) is 31.3 Å². The molecule has 2 amide bonds. The Morgan fingerprint density at radius 1 is 1.05 bits per heavy atom. The molecule has 1 unspecified atom stereocenters. The molecule has 0 heterocycles. The van der Waals surface area contributed by atoms with Crippen LogP contribution >= 0.6 is 0 Å². The normalized spacial score (nSPS) is 11.5. The highest BCUT2D eigenvalue weighted by atomic mass is 16.2. The van der Waals surface area contributed by atoms with Gasteiger partial charge in [0.05, 0.1) is 0 Å². The summed E-state index contributed by atoms with van der Waals surface area (Å²) in [5.74, 6) is -0.666. The summed E-state index contributed by atoms with van der Waals surface area (Å²) in [6, 6.07) is 15.5. The van der Waals surface area contributed by atoms with Gasteiger partial charge in [-0.15, -0.1) is 0 Å². The molecule has 0 aromatic heterocycles. The lowest BCUT2D eigenvalue weighted by Gasteiger charge is -2.17. The highest BCUT2D eigenvalue weighted by Gasteiger charge is 2.17. The van der Waals surface area contributed by atoms with Crippen LogP contribution < -0.4 is 16.4 Å². The number of anilines is 1. The molecular weight excluding hydrogens is 266 g/mol. The predicted molar refractivity (Wildman–Crippen MR) is 81.8 cm³/mol. The fraction of sp³-hybridized carbons (Fsp3) is 0.125. The Hall–Kier alpha value is -2.82. The van der Waals surface area contributed by atoms with E-state index in [4.69, 9.17) is 5.73 Å². The van der Waals surface area contributed by atoms with Gasteiger partial charge in [0.25, 0.3) is 5.91 Å². The molecule has 5 nitrogen and oxygen atoms in total. The Labute approximate surface area is 123 Å². The van der Waals surface area contributed by atoms with Crippen molar-refractivity contribution < 1.29 is 9.59 Å². The first-order chi connectivity index (χ1) is 10.1. The molecule has 0 saturated carbocycles. The van der Waals surface area contributed by atoms with Crippen molar-refractivity contribution in [3.8, 4) is 0 Å². The van der Waals surface area contributed by atoms with Crippen LogP contribution in [0.5, 0.6) is 0 Å². The van der Waals surface area contributed by atoms with Crippen molar-refractivity contribution in [3.05, 3.63) is 65.7 Å². The van der Waals surface area contributed by atoms with Crippen LogP contribution in [0.15, 0.2) is 54.6 Å². The zero-order valence-corrected chi connectivity index (χ0v) is 11.7. The Kier molecular flexibility index (Phi) is 4.56. The van der Waals surface area contributed by atoms with Crippen molar-refractivity contribution in [1.82, 2.24) is 5.32 Å². The maximum absolute atomic E-state index is 11.7. The van der Waals surface area contributed by atoms with Crippen molar-refractivity contribution in [3.63, 3.8) is 0 Å². The Balaban J connectivity index is 2.26. The number of nitrogens with two attached hydrogens (primary N) is 1. The second kappa shape index (κ2) is 6.56. The average Bonchev–Trinajstić information content (AvgIpc) is 2.52. The molecule has 0 aliphatic carbocycles. The number of carbonyl (C=O) groups is 2. The highest BCUT2D eigenvalue weighted by molar-refractivity contribution is 5.95. The molecule has 0 aliphatic heterocycles. The van der Waals surface area contributed by atoms with Gasteiger partial charge in [-0.2, -0.15) is 0 Å². The van der Waals surface area contributed by atoms with Crippen molar-refractivity contribution in [2.75, 3.05) is 12.4 Å². The predicted octanol–water partition coefficient (Wildman–Crippen LogP) is 1.68. The first-order valence-corrected chi connectivity index (χ1v) is 6.54. The van der Waals surface area contributed by atoms with E-state index in [1.165, 1.54) is 0 Å². The number of nitrogens with one attached hydrogen (secondary N) is 2. The minimum absolute atomic E-state index is 0.186. The van der Waals surface area contributed by atoms with Crippen molar-refractivity contribution in [2.45, 2.75) is 6.04 Å². The van der Waals surface area contributed by atoms with Crippen molar-refractivity contribution in [2.24, 2.45) is 5.73 Å². The third-order valence-electron chi connectivity index (χ3n) is 3.08. The Bertz CT molecular complexity index is 641. The number of carbonyl (C=O) groups excluding carboxylic acids is 2. The van der Waals surface area contributed by atoms with Gasteiger partial charge >= 0.3 is 0 Å². The van der Waals surface area contributed by atoms with Crippen LogP contribution in [-0.2, 0) is 4.79 Å². The van der Waals surface area contributed by atoms with Gasteiger partial charge in [-0.3, -0.25) is 9.59 Å². The molecule has 21 heavy (non-hydrogen) atoms. The minimum Gasteiger partial charge on any atom is -0.370 e. The fourth-order valence-corrected chi connectivity index (χ4v) is 2.03. The topological polar surface area (TPSA) is 84.2 Å². The summed E-state index contributed by atoms with van der Waals surface area (Å²) in [6.07, 6.45) is 0. The van der Waals surface area contributed by atoms with Crippen molar-refractivity contribution >= 4 is 17.5 Å². The quantitative estimate of drug-likeness (QED) is 0.780. The summed E-state index contributed by atoms with van der Waals surface area (Å²) in [4.78, 5) is 23.3. The summed E-state index contributed by atoms with van der Waals surface area (Å²) < 4.78 is 0. The molecule has 1 atom stereocenters. The minimum atomic E-state index is -0.647. The first-order valence-electron chi connectivity index (χ1n) is 6.54. The van der Waals surface area contributed by atoms with Crippen LogP contribution in [0, 0.1) is 0 Å². The van der Waals surface area contributed by atoms with Crippen LogP contribution in [0.2, 0.25) is 0 Å². The average molecular weight is 283 g/mol. The van der Waals surface area contributed by atoms with E-state index in [0.717, 1.165) is 5.56 Å². The van der Waals surface area contributed by atoms with Gasteiger partial charge in [0.15, 0.2) is 0 Å². The maximum Gasteiger partial charge on any atom is 0.251 e. The molecule has 2 rings (SSSR count). The molecule has 0 fully saturated rings. The highest BCUT2D eigenvalue weighted by Crippen LogP contribution is 2.20. The standard InChI is InChI=1S/C16H17N3O2/c1-18-16(21)12-8-5-9-13(10-12)19-14(15(17)20)11-6-3-2-4-7-11/h2-10,14,19H,1H3,(H2,17,20)(H,18,21). The van der Waals surface area contributed by atoms with Gasteiger partial charge in [-0.1, -0.05) is 36.4 Å². The number of benzene rings is 2. The fourth-order valence-electron chi connectivity index (χ4n) is 2.03. The van der Waals surface area contributed by atoms with E-state index in [0.29, 0.717) is 11.3 Å². The van der Waals surface area contributed by atoms with Gasteiger partial charge in [-0.25, -0.2) is 0 Å². The third-order valence-corrected chi connectivity index (χ3v) is 3.08. The van der Waals surface area contributed by atoms with Gasteiger partial charge < -0.3 is 16.4 Å². The summed E-state index contributed by atoms with van der Waals surface area (Å²) in [5, 5.41) is 5.62. The van der Waals surface area contributed by atoms with Crippen molar-refractivity contribution in [1.29, 1.82) is 0 Å². The zero-order valence-electron chi connectivity index (χ0n) is 11.7. The second-order valence-electron chi connectivity index (χ2n) is 4.55. The smallest absolute Gasteiger partial charge is 0.251 e. The van der Waals surface area contributed by atoms with E-state index >= 15 is 0 Å². The number of rotatable bonds is 5. The van der Waals surface area contributed by atoms with E-state index in [-0.39, 0.29) is 5.91 Å². The van der Waals surface area contributed by atoms with Gasteiger partial charge in [-0.05, 0) is 23.8 Å². The first kappa shape index (κ1) is 14.6. The SMILES string of the molecule is CNC(=O)c1cccc(NC(C(N)=O)c2ccccc2)c1. The molecule has 0 spiro atoms. The molecule has 0 aliphatic rings. The lowest BCUT2D eigenvalue weighted by molar-refractivity contribution is -0.118. The molecule has 0 radical (unpaired) electrons. The molecular formula is C16H17N3O2. The molecule has 2 aromatic carbocycles. The van der Waals surface area contributed by atoms with Crippen LogP contribution in [0.3, 0.4) is 0 Å². The van der Waals surface area contributed by atoms with Crippen LogP contribution in [0.25, 0.3) is 0 Å². The molecule has 108 valence electrons. The molecule has 0 saturated heterocycles. The zero-order chi connectivity index (χ0) is 15.2. The Morgan fingerprint density at radius 2 is 1.76 bits per heavy atom. The van der Waals surface area contributed by atoms with E-state index in [1.807, 2.05) is 30.3 Å². The number of hydrogen-bond donors (Lipinski definition) is 3. The van der Waals surface area contributed by atoms with Crippen LogP contribution in [0.1, 0.15) is 22.0 Å². The summed E-state index contributed by atoms with van der Waals surface area (Å²) in [6.45, 7) is 0. The number of amides is 2. The summed E-state index contributed by atoms with van der Waals surface area (Å²) in [7, 11) is 1.57. The molecule has 5 heteroatoms. The number of hydrogen-bond acceptors (Lipinski definition) is 3. The maximum atomic E-state index is 11.7. The monoisotopic (exact) mass is 283 g/mol. The van der Waals surface area contributed by atoms with Crippen LogP contribution in [-0.4, -0.2) is 18.9 Å². The summed E-state index contributed by atoms with van der Waals surface area (Å²) in [5.41, 5.74) is 7.40. The van der Waals surface area contributed by atoms with Gasteiger partial charge in [0.2, 0.25) is 5.91 Å². The summed E-state index contributed by atoms with van der Waals surface area (Å²) >= 11 is 0. The van der Waals surface area contributed by atoms with E-state index in [2.05, 4.69) is 10.6 Å².